The molecule has 12 rings (SSSR count). The van der Waals surface area contributed by atoms with Gasteiger partial charge in [0.25, 0.3) is 0 Å². The van der Waals surface area contributed by atoms with Gasteiger partial charge in [0, 0.05) is 44.3 Å². The second-order valence-corrected chi connectivity index (χ2v) is 16.1. The molecule has 1 aliphatic rings. The standard InChI is InChI=1S/C55H37NO2/c1-55(2)47-20-10-8-17-41(47)42-29-25-37(32-48(42)55)52-40-16-7-6-15-36(40)31-46-44-30-28-39(33-51(44)58-54(46)52)56(38-26-23-35(24-27-38)34-13-4-3-5-14-34)49-21-12-19-45-43-18-9-11-22-50(43)57-53(45)49/h3-33H,1-2H3. The third-order valence-corrected chi connectivity index (χ3v) is 12.5. The van der Waals surface area contributed by atoms with Gasteiger partial charge in [-0.1, -0.05) is 147 Å². The summed E-state index contributed by atoms with van der Waals surface area (Å²) in [4.78, 5) is 2.30. The van der Waals surface area contributed by atoms with E-state index >= 15 is 0 Å². The molecule has 0 unspecified atom stereocenters. The topological polar surface area (TPSA) is 29.5 Å². The van der Waals surface area contributed by atoms with Crippen molar-refractivity contribution in [1.29, 1.82) is 0 Å². The normalized spacial score (nSPS) is 13.1. The average molecular weight is 744 g/mol. The van der Waals surface area contributed by atoms with E-state index in [4.69, 9.17) is 8.83 Å². The lowest BCUT2D eigenvalue weighted by molar-refractivity contribution is 0.660. The Labute approximate surface area is 336 Å². The minimum atomic E-state index is -0.111. The second-order valence-electron chi connectivity index (χ2n) is 16.1. The molecule has 0 amide bonds. The van der Waals surface area contributed by atoms with E-state index in [1.165, 1.54) is 38.6 Å². The van der Waals surface area contributed by atoms with E-state index in [-0.39, 0.29) is 5.41 Å². The SMILES string of the molecule is CC1(C)c2ccccc2-c2ccc(-c3c4ccccc4cc4c3oc3cc(N(c5ccc(-c6ccccc6)cc5)c5cccc6c5oc5ccccc56)ccc34)cc21. The van der Waals surface area contributed by atoms with Gasteiger partial charge in [-0.2, -0.15) is 0 Å². The highest BCUT2D eigenvalue weighted by Gasteiger charge is 2.35. The predicted octanol–water partition coefficient (Wildman–Crippen LogP) is 15.7. The summed E-state index contributed by atoms with van der Waals surface area (Å²) in [5.41, 5.74) is 16.3. The van der Waals surface area contributed by atoms with Crippen molar-refractivity contribution in [2.75, 3.05) is 4.90 Å². The summed E-state index contributed by atoms with van der Waals surface area (Å²) >= 11 is 0. The Balaban J connectivity index is 1.07. The first-order valence-corrected chi connectivity index (χ1v) is 20.0. The average Bonchev–Trinajstić information content (AvgIpc) is 3.91. The highest BCUT2D eigenvalue weighted by molar-refractivity contribution is 6.19. The number of rotatable bonds is 5. The van der Waals surface area contributed by atoms with Gasteiger partial charge in [-0.15, -0.1) is 0 Å². The third-order valence-electron chi connectivity index (χ3n) is 12.5. The van der Waals surface area contributed by atoms with E-state index in [9.17, 15) is 0 Å². The zero-order valence-corrected chi connectivity index (χ0v) is 32.2. The molecule has 274 valence electrons. The summed E-state index contributed by atoms with van der Waals surface area (Å²) in [6.45, 7) is 4.69. The van der Waals surface area contributed by atoms with Gasteiger partial charge in [0.1, 0.15) is 16.7 Å². The van der Waals surface area contributed by atoms with E-state index in [2.05, 4.69) is 195 Å². The van der Waals surface area contributed by atoms with Crippen molar-refractivity contribution in [2.45, 2.75) is 19.3 Å². The van der Waals surface area contributed by atoms with Gasteiger partial charge in [-0.25, -0.2) is 0 Å². The summed E-state index contributed by atoms with van der Waals surface area (Å²) in [5, 5.41) is 6.75. The van der Waals surface area contributed by atoms with Crippen LogP contribution in [0.25, 0.3) is 88.0 Å². The van der Waals surface area contributed by atoms with Crippen LogP contribution in [0.4, 0.5) is 17.1 Å². The lowest BCUT2D eigenvalue weighted by Gasteiger charge is -2.25. The number of anilines is 3. The molecule has 0 N–H and O–H groups in total. The molecule has 3 nitrogen and oxygen atoms in total. The third kappa shape index (κ3) is 4.80. The molecule has 9 aromatic carbocycles. The molecule has 0 radical (unpaired) electrons. The van der Waals surface area contributed by atoms with E-state index < -0.39 is 0 Å². The van der Waals surface area contributed by atoms with Crippen LogP contribution < -0.4 is 4.90 Å². The smallest absolute Gasteiger partial charge is 0.159 e. The number of nitrogens with zero attached hydrogens (tertiary/aromatic N) is 1. The lowest BCUT2D eigenvalue weighted by atomic mass is 9.81. The van der Waals surface area contributed by atoms with Crippen molar-refractivity contribution in [3.05, 3.63) is 199 Å². The lowest BCUT2D eigenvalue weighted by Crippen LogP contribution is -2.14. The van der Waals surface area contributed by atoms with Crippen LogP contribution in [0.3, 0.4) is 0 Å². The van der Waals surface area contributed by atoms with E-state index in [1.807, 2.05) is 12.1 Å². The largest absolute Gasteiger partial charge is 0.455 e. The summed E-state index contributed by atoms with van der Waals surface area (Å²) < 4.78 is 13.8. The zero-order chi connectivity index (χ0) is 38.5. The molecule has 1 aliphatic carbocycles. The monoisotopic (exact) mass is 743 g/mol. The van der Waals surface area contributed by atoms with Gasteiger partial charge >= 0.3 is 0 Å². The van der Waals surface area contributed by atoms with Crippen LogP contribution in [0.1, 0.15) is 25.0 Å². The molecule has 3 heteroatoms. The minimum absolute atomic E-state index is 0.111. The van der Waals surface area contributed by atoms with Crippen LogP contribution in [-0.4, -0.2) is 0 Å². The van der Waals surface area contributed by atoms with E-state index in [1.54, 1.807) is 0 Å². The first-order chi connectivity index (χ1) is 28.5. The van der Waals surface area contributed by atoms with Gasteiger partial charge in [0.05, 0.1) is 11.4 Å². The summed E-state index contributed by atoms with van der Waals surface area (Å²) in [7, 11) is 0. The molecule has 0 fully saturated rings. The summed E-state index contributed by atoms with van der Waals surface area (Å²) in [6.07, 6.45) is 0. The Morgan fingerprint density at radius 3 is 1.93 bits per heavy atom. The molecule has 0 spiro atoms. The molecule has 0 bridgehead atoms. The maximum atomic E-state index is 7.10. The number of hydrogen-bond acceptors (Lipinski definition) is 3. The maximum Gasteiger partial charge on any atom is 0.159 e. The molecule has 2 heterocycles. The van der Waals surface area contributed by atoms with Crippen LogP contribution >= 0.6 is 0 Å². The molecule has 0 atom stereocenters. The van der Waals surface area contributed by atoms with Gasteiger partial charge in [0.2, 0.25) is 0 Å². The Kier molecular flexibility index (Phi) is 6.98. The maximum absolute atomic E-state index is 7.10. The number of fused-ring (bicyclic) bond motifs is 10. The first-order valence-electron chi connectivity index (χ1n) is 20.0. The second kappa shape index (κ2) is 12.3. The van der Waals surface area contributed by atoms with Crippen molar-refractivity contribution in [1.82, 2.24) is 0 Å². The molecule has 0 saturated carbocycles. The van der Waals surface area contributed by atoms with Crippen molar-refractivity contribution < 1.29 is 8.83 Å². The summed E-state index contributed by atoms with van der Waals surface area (Å²) in [6, 6.07) is 67.5. The number of hydrogen-bond donors (Lipinski definition) is 0. The van der Waals surface area contributed by atoms with Crippen LogP contribution in [-0.2, 0) is 5.41 Å². The Hall–Kier alpha value is -7.36. The highest BCUT2D eigenvalue weighted by atomic mass is 16.3. The molecule has 11 aromatic rings. The van der Waals surface area contributed by atoms with E-state index in [0.29, 0.717) is 0 Å². The highest BCUT2D eigenvalue weighted by Crippen LogP contribution is 2.51. The Morgan fingerprint density at radius 1 is 0.397 bits per heavy atom. The van der Waals surface area contributed by atoms with Gasteiger partial charge in [0.15, 0.2) is 5.58 Å². The van der Waals surface area contributed by atoms with E-state index in [0.717, 1.165) is 77.6 Å². The van der Waals surface area contributed by atoms with Crippen LogP contribution in [0.5, 0.6) is 0 Å². The number of furan rings is 2. The van der Waals surface area contributed by atoms with Gasteiger partial charge in [-0.3, -0.25) is 0 Å². The van der Waals surface area contributed by atoms with Crippen LogP contribution in [0.15, 0.2) is 197 Å². The van der Waals surface area contributed by atoms with Crippen molar-refractivity contribution >= 4 is 71.7 Å². The minimum Gasteiger partial charge on any atom is -0.455 e. The fraction of sp³-hybridized carbons (Fsp3) is 0.0545. The quantitative estimate of drug-likeness (QED) is 0.176. The molecular formula is C55H37NO2. The molecule has 58 heavy (non-hydrogen) atoms. The summed E-state index contributed by atoms with van der Waals surface area (Å²) in [5.74, 6) is 0. The van der Waals surface area contributed by atoms with Crippen molar-refractivity contribution in [2.24, 2.45) is 0 Å². The molecular weight excluding hydrogens is 707 g/mol. The van der Waals surface area contributed by atoms with Crippen LogP contribution in [0.2, 0.25) is 0 Å². The van der Waals surface area contributed by atoms with Gasteiger partial charge < -0.3 is 13.7 Å². The Bertz CT molecular complexity index is 3420. The van der Waals surface area contributed by atoms with Crippen molar-refractivity contribution in [3.63, 3.8) is 0 Å². The fourth-order valence-corrected chi connectivity index (χ4v) is 9.62. The molecule has 0 saturated heterocycles. The number of para-hydroxylation sites is 2. The molecule has 2 aromatic heterocycles. The zero-order valence-electron chi connectivity index (χ0n) is 32.2. The fourth-order valence-electron chi connectivity index (χ4n) is 9.62. The number of benzene rings is 9. The molecule has 0 aliphatic heterocycles. The Morgan fingerprint density at radius 2 is 1.05 bits per heavy atom. The van der Waals surface area contributed by atoms with Crippen molar-refractivity contribution in [3.8, 4) is 33.4 Å². The van der Waals surface area contributed by atoms with Crippen LogP contribution in [0, 0.1) is 0 Å². The van der Waals surface area contributed by atoms with Gasteiger partial charge in [-0.05, 0) is 98.2 Å². The first kappa shape index (κ1) is 32.8. The predicted molar refractivity (Wildman–Crippen MR) is 242 cm³/mol.